The number of rotatable bonds is 4. The lowest BCUT2D eigenvalue weighted by molar-refractivity contribution is -0.114. The summed E-state index contributed by atoms with van der Waals surface area (Å²) in [6.07, 6.45) is 1.70. The van der Waals surface area contributed by atoms with Gasteiger partial charge in [0.25, 0.3) is 0 Å². The van der Waals surface area contributed by atoms with Crippen molar-refractivity contribution in [1.29, 1.82) is 0 Å². The molecule has 0 heterocycles. The number of halogens is 1. The largest absolute Gasteiger partial charge is 0.493 e. The summed E-state index contributed by atoms with van der Waals surface area (Å²) < 4.78 is 10.3. The van der Waals surface area contributed by atoms with Crippen molar-refractivity contribution in [3.8, 4) is 11.5 Å². The summed E-state index contributed by atoms with van der Waals surface area (Å²) in [6.45, 7) is 1.67. The zero-order chi connectivity index (χ0) is 12.1. The fourth-order valence-electron chi connectivity index (χ4n) is 1.26. The van der Waals surface area contributed by atoms with Gasteiger partial charge in [-0.15, -0.1) is 12.4 Å². The molecule has 1 aromatic carbocycles. The van der Waals surface area contributed by atoms with Crippen molar-refractivity contribution in [1.82, 2.24) is 0 Å². The van der Waals surface area contributed by atoms with Gasteiger partial charge in [-0.3, -0.25) is 4.79 Å². The number of ether oxygens (including phenoxy) is 2. The molecular formula is C12H16ClNO3. The van der Waals surface area contributed by atoms with Crippen LogP contribution in [0.25, 0.3) is 6.08 Å². The van der Waals surface area contributed by atoms with Crippen molar-refractivity contribution in [2.75, 3.05) is 14.2 Å². The predicted molar refractivity (Wildman–Crippen MR) is 69.6 cm³/mol. The van der Waals surface area contributed by atoms with Crippen molar-refractivity contribution in [3.63, 3.8) is 0 Å². The quantitative estimate of drug-likeness (QED) is 0.840. The second-order valence-electron chi connectivity index (χ2n) is 3.31. The monoisotopic (exact) mass is 257 g/mol. The molecule has 0 aliphatic heterocycles. The fraction of sp³-hybridized carbons (Fsp3) is 0.250. The zero-order valence-corrected chi connectivity index (χ0v) is 10.8. The normalized spacial score (nSPS) is 10.4. The molecule has 0 atom stereocenters. The van der Waals surface area contributed by atoms with E-state index in [1.165, 1.54) is 0 Å². The van der Waals surface area contributed by atoms with Gasteiger partial charge in [-0.2, -0.15) is 0 Å². The minimum absolute atomic E-state index is 0. The van der Waals surface area contributed by atoms with E-state index in [0.29, 0.717) is 17.1 Å². The van der Waals surface area contributed by atoms with E-state index in [0.717, 1.165) is 5.56 Å². The molecule has 0 unspecified atom stereocenters. The van der Waals surface area contributed by atoms with E-state index in [-0.39, 0.29) is 12.4 Å². The summed E-state index contributed by atoms with van der Waals surface area (Å²) in [5.74, 6) is 0.833. The molecule has 0 bridgehead atoms. The first-order chi connectivity index (χ1) is 7.58. The average molecular weight is 258 g/mol. The first-order valence-electron chi connectivity index (χ1n) is 4.78. The van der Waals surface area contributed by atoms with Crippen LogP contribution in [0.3, 0.4) is 0 Å². The van der Waals surface area contributed by atoms with Gasteiger partial charge in [0.1, 0.15) is 0 Å². The van der Waals surface area contributed by atoms with Crippen LogP contribution in [0.1, 0.15) is 12.5 Å². The van der Waals surface area contributed by atoms with Gasteiger partial charge in [0.15, 0.2) is 11.5 Å². The Morgan fingerprint density at radius 3 is 2.29 bits per heavy atom. The van der Waals surface area contributed by atoms with Crippen LogP contribution in [0.4, 0.5) is 0 Å². The number of carbonyl (C=O) groups is 1. The van der Waals surface area contributed by atoms with Crippen molar-refractivity contribution in [2.45, 2.75) is 6.92 Å². The molecule has 1 rings (SSSR count). The molecular weight excluding hydrogens is 242 g/mol. The van der Waals surface area contributed by atoms with E-state index < -0.39 is 5.91 Å². The summed E-state index contributed by atoms with van der Waals surface area (Å²) in [5, 5.41) is 0. The van der Waals surface area contributed by atoms with Crippen LogP contribution in [0.5, 0.6) is 11.5 Å². The molecule has 4 nitrogen and oxygen atoms in total. The molecule has 94 valence electrons. The second kappa shape index (κ2) is 6.81. The molecule has 5 heteroatoms. The molecule has 0 aliphatic rings. The summed E-state index contributed by atoms with van der Waals surface area (Å²) >= 11 is 0. The van der Waals surface area contributed by atoms with Gasteiger partial charge in [-0.05, 0) is 30.7 Å². The maximum absolute atomic E-state index is 10.9. The first-order valence-corrected chi connectivity index (χ1v) is 4.78. The summed E-state index contributed by atoms with van der Waals surface area (Å²) in [5.41, 5.74) is 6.48. The summed E-state index contributed by atoms with van der Waals surface area (Å²) in [7, 11) is 3.13. The van der Waals surface area contributed by atoms with Crippen LogP contribution in [0, 0.1) is 0 Å². The Morgan fingerprint density at radius 1 is 1.24 bits per heavy atom. The highest BCUT2D eigenvalue weighted by molar-refractivity contribution is 5.96. The van der Waals surface area contributed by atoms with Gasteiger partial charge in [0.2, 0.25) is 5.91 Å². The van der Waals surface area contributed by atoms with Crippen LogP contribution >= 0.6 is 12.4 Å². The Morgan fingerprint density at radius 2 is 1.82 bits per heavy atom. The van der Waals surface area contributed by atoms with E-state index >= 15 is 0 Å². The third-order valence-corrected chi connectivity index (χ3v) is 2.18. The Hall–Kier alpha value is -1.68. The lowest BCUT2D eigenvalue weighted by Gasteiger charge is -2.07. The van der Waals surface area contributed by atoms with Gasteiger partial charge < -0.3 is 15.2 Å². The molecule has 0 aliphatic carbocycles. The van der Waals surface area contributed by atoms with Gasteiger partial charge >= 0.3 is 0 Å². The van der Waals surface area contributed by atoms with Gasteiger partial charge in [0, 0.05) is 5.57 Å². The smallest absolute Gasteiger partial charge is 0.244 e. The standard InChI is InChI=1S/C12H15NO3.ClH/c1-8(12(13)14)6-9-4-5-10(15-2)11(7-9)16-3;/h4-7H,1-3H3,(H2,13,14);1H. The van der Waals surface area contributed by atoms with Crippen molar-refractivity contribution in [2.24, 2.45) is 5.73 Å². The lowest BCUT2D eigenvalue weighted by atomic mass is 10.1. The minimum atomic E-state index is -0.435. The maximum Gasteiger partial charge on any atom is 0.244 e. The van der Waals surface area contributed by atoms with Gasteiger partial charge in [-0.1, -0.05) is 6.07 Å². The number of benzene rings is 1. The Kier molecular flexibility index (Phi) is 6.13. The highest BCUT2D eigenvalue weighted by Gasteiger charge is 2.04. The number of carbonyl (C=O) groups excluding carboxylic acids is 1. The molecule has 0 fully saturated rings. The Balaban J connectivity index is 0.00000256. The Labute approximate surface area is 107 Å². The zero-order valence-electron chi connectivity index (χ0n) is 10.0. The molecule has 1 amide bonds. The highest BCUT2D eigenvalue weighted by atomic mass is 35.5. The van der Waals surface area contributed by atoms with Crippen LogP contribution < -0.4 is 15.2 Å². The fourth-order valence-corrected chi connectivity index (χ4v) is 1.26. The number of amides is 1. The van der Waals surface area contributed by atoms with Gasteiger partial charge in [0.05, 0.1) is 14.2 Å². The molecule has 1 aromatic rings. The van der Waals surface area contributed by atoms with Crippen molar-refractivity contribution in [3.05, 3.63) is 29.3 Å². The molecule has 0 saturated heterocycles. The molecule has 0 saturated carbocycles. The minimum Gasteiger partial charge on any atom is -0.493 e. The van der Waals surface area contributed by atoms with Crippen molar-refractivity contribution >= 4 is 24.4 Å². The SMILES string of the molecule is COc1ccc(C=C(C)C(N)=O)cc1OC.Cl. The Bertz CT molecular complexity index is 430. The third kappa shape index (κ3) is 4.00. The average Bonchev–Trinajstić information content (AvgIpc) is 2.28. The molecule has 0 aromatic heterocycles. The molecule has 0 spiro atoms. The van der Waals surface area contributed by atoms with E-state index in [4.69, 9.17) is 15.2 Å². The van der Waals surface area contributed by atoms with E-state index in [1.807, 2.05) is 6.07 Å². The number of primary amides is 1. The van der Waals surface area contributed by atoms with E-state index in [9.17, 15) is 4.79 Å². The van der Waals surface area contributed by atoms with Crippen molar-refractivity contribution < 1.29 is 14.3 Å². The number of nitrogens with two attached hydrogens (primary N) is 1. The van der Waals surface area contributed by atoms with Crippen LogP contribution in [0.15, 0.2) is 23.8 Å². The van der Waals surface area contributed by atoms with E-state index in [1.54, 1.807) is 39.4 Å². The molecule has 17 heavy (non-hydrogen) atoms. The van der Waals surface area contributed by atoms with Crippen LogP contribution in [-0.4, -0.2) is 20.1 Å². The van der Waals surface area contributed by atoms with Crippen LogP contribution in [-0.2, 0) is 4.79 Å². The second-order valence-corrected chi connectivity index (χ2v) is 3.31. The van der Waals surface area contributed by atoms with E-state index in [2.05, 4.69) is 0 Å². The molecule has 0 radical (unpaired) electrons. The summed E-state index contributed by atoms with van der Waals surface area (Å²) in [4.78, 5) is 10.9. The third-order valence-electron chi connectivity index (χ3n) is 2.18. The first kappa shape index (κ1) is 15.3. The number of methoxy groups -OCH3 is 2. The van der Waals surface area contributed by atoms with Crippen LogP contribution in [0.2, 0.25) is 0 Å². The summed E-state index contributed by atoms with van der Waals surface area (Å²) in [6, 6.07) is 5.39. The molecule has 2 N–H and O–H groups in total. The lowest BCUT2D eigenvalue weighted by Crippen LogP contribution is -2.11. The number of hydrogen-bond acceptors (Lipinski definition) is 3. The number of hydrogen-bond donors (Lipinski definition) is 1. The maximum atomic E-state index is 10.9. The highest BCUT2D eigenvalue weighted by Crippen LogP contribution is 2.28. The predicted octanol–water partition coefficient (Wildman–Crippen LogP) is 2.01. The van der Waals surface area contributed by atoms with Gasteiger partial charge in [-0.25, -0.2) is 0 Å². The topological polar surface area (TPSA) is 61.5 Å².